The molecule has 0 saturated heterocycles. The summed E-state index contributed by atoms with van der Waals surface area (Å²) in [5, 5.41) is 16.1. The summed E-state index contributed by atoms with van der Waals surface area (Å²) in [7, 11) is 1.56. The number of benzene rings is 2. The quantitative estimate of drug-likeness (QED) is 0.649. The van der Waals surface area contributed by atoms with Crippen LogP contribution in [-0.2, 0) is 6.54 Å². The fraction of sp³-hybridized carbons (Fsp3) is 0.176. The van der Waals surface area contributed by atoms with Crippen molar-refractivity contribution in [3.63, 3.8) is 0 Å². The fourth-order valence-electron chi connectivity index (χ4n) is 2.20. The Bertz CT molecular complexity index is 785. The van der Waals surface area contributed by atoms with Gasteiger partial charge in [0.25, 0.3) is 17.5 Å². The lowest BCUT2D eigenvalue weighted by atomic mass is 10.1. The van der Waals surface area contributed by atoms with Gasteiger partial charge in [0.1, 0.15) is 0 Å². The summed E-state index contributed by atoms with van der Waals surface area (Å²) < 4.78 is 0. The van der Waals surface area contributed by atoms with Crippen molar-refractivity contribution in [3.05, 3.63) is 74.8 Å². The van der Waals surface area contributed by atoms with Crippen molar-refractivity contribution in [3.8, 4) is 0 Å². The van der Waals surface area contributed by atoms with Crippen molar-refractivity contribution in [2.24, 2.45) is 0 Å². The molecule has 0 bridgehead atoms. The molecule has 0 radical (unpaired) electrons. The molecule has 0 aliphatic heterocycles. The second-order valence-electron chi connectivity index (χ2n) is 5.22. The lowest BCUT2D eigenvalue weighted by Crippen LogP contribution is -2.23. The Morgan fingerprint density at radius 1 is 1.04 bits per heavy atom. The highest BCUT2D eigenvalue weighted by molar-refractivity contribution is 5.95. The van der Waals surface area contributed by atoms with Crippen molar-refractivity contribution in [1.82, 2.24) is 10.6 Å². The van der Waals surface area contributed by atoms with Gasteiger partial charge in [-0.3, -0.25) is 19.7 Å². The summed E-state index contributed by atoms with van der Waals surface area (Å²) in [5.41, 5.74) is 2.16. The van der Waals surface area contributed by atoms with Crippen LogP contribution < -0.4 is 10.6 Å². The first-order valence-electron chi connectivity index (χ1n) is 7.26. The predicted octanol–water partition coefficient (Wildman–Crippen LogP) is 2.19. The standard InChI is InChI=1S/C17H17N3O4/c1-11-9-14(7-8-15(11)20(23)24)17(22)19-10-12-3-5-13(6-4-12)16(21)18-2/h3-9H,10H2,1-2H3,(H,18,21)(H,19,22). The Hall–Kier alpha value is -3.22. The number of aryl methyl sites for hydroxylation is 1. The topological polar surface area (TPSA) is 101 Å². The number of carbonyl (C=O) groups is 2. The summed E-state index contributed by atoms with van der Waals surface area (Å²) in [4.78, 5) is 33.9. The van der Waals surface area contributed by atoms with Crippen molar-refractivity contribution in [1.29, 1.82) is 0 Å². The van der Waals surface area contributed by atoms with Crippen LogP contribution in [0, 0.1) is 17.0 Å². The molecule has 24 heavy (non-hydrogen) atoms. The van der Waals surface area contributed by atoms with Crippen LogP contribution in [0.25, 0.3) is 0 Å². The molecular weight excluding hydrogens is 310 g/mol. The van der Waals surface area contributed by atoms with Crippen LogP contribution in [-0.4, -0.2) is 23.8 Å². The van der Waals surface area contributed by atoms with E-state index in [1.807, 2.05) is 0 Å². The number of hydrogen-bond donors (Lipinski definition) is 2. The highest BCUT2D eigenvalue weighted by atomic mass is 16.6. The highest BCUT2D eigenvalue weighted by Crippen LogP contribution is 2.18. The SMILES string of the molecule is CNC(=O)c1ccc(CNC(=O)c2ccc([N+](=O)[O-])c(C)c2)cc1. The third-order valence-electron chi connectivity index (χ3n) is 3.55. The van der Waals surface area contributed by atoms with Crippen LogP contribution >= 0.6 is 0 Å². The number of nitro groups is 1. The Kier molecular flexibility index (Phi) is 5.26. The molecule has 2 amide bonds. The first kappa shape index (κ1) is 17.1. The van der Waals surface area contributed by atoms with Gasteiger partial charge in [-0.05, 0) is 36.8 Å². The van der Waals surface area contributed by atoms with Crippen LogP contribution in [0.4, 0.5) is 5.69 Å². The molecule has 124 valence electrons. The third-order valence-corrected chi connectivity index (χ3v) is 3.55. The molecule has 7 heteroatoms. The van der Waals surface area contributed by atoms with Gasteiger partial charge in [0.05, 0.1) is 4.92 Å². The van der Waals surface area contributed by atoms with E-state index in [0.29, 0.717) is 23.2 Å². The predicted molar refractivity (Wildman–Crippen MR) is 88.8 cm³/mol. The number of rotatable bonds is 5. The molecule has 2 aromatic carbocycles. The van der Waals surface area contributed by atoms with E-state index in [4.69, 9.17) is 0 Å². The molecule has 0 saturated carbocycles. The summed E-state index contributed by atoms with van der Waals surface area (Å²) >= 11 is 0. The second-order valence-corrected chi connectivity index (χ2v) is 5.22. The minimum absolute atomic E-state index is 0.0173. The Labute approximate surface area is 138 Å². The molecule has 2 N–H and O–H groups in total. The maximum Gasteiger partial charge on any atom is 0.272 e. The van der Waals surface area contributed by atoms with Crippen LogP contribution in [0.3, 0.4) is 0 Å². The normalized spacial score (nSPS) is 10.1. The number of nitrogens with zero attached hydrogens (tertiary/aromatic N) is 1. The third kappa shape index (κ3) is 3.95. The van der Waals surface area contributed by atoms with Crippen molar-refractivity contribution in [2.45, 2.75) is 13.5 Å². The molecule has 0 spiro atoms. The van der Waals surface area contributed by atoms with Gasteiger partial charge in [0.15, 0.2) is 0 Å². The Balaban J connectivity index is 2.01. The molecule has 0 atom stereocenters. The highest BCUT2D eigenvalue weighted by Gasteiger charge is 2.13. The van der Waals surface area contributed by atoms with Gasteiger partial charge in [-0.2, -0.15) is 0 Å². The molecule has 0 heterocycles. The smallest absolute Gasteiger partial charge is 0.272 e. The zero-order valence-electron chi connectivity index (χ0n) is 13.3. The Morgan fingerprint density at radius 2 is 1.67 bits per heavy atom. The van der Waals surface area contributed by atoms with Crippen LogP contribution in [0.2, 0.25) is 0 Å². The minimum atomic E-state index is -0.481. The first-order valence-corrected chi connectivity index (χ1v) is 7.26. The summed E-state index contributed by atoms with van der Waals surface area (Å²) in [5.74, 6) is -0.490. The molecular formula is C17H17N3O4. The summed E-state index contributed by atoms with van der Waals surface area (Å²) in [6, 6.07) is 11.1. The Morgan fingerprint density at radius 3 is 2.21 bits per heavy atom. The summed E-state index contributed by atoms with van der Waals surface area (Å²) in [6.07, 6.45) is 0. The number of nitro benzene ring substituents is 1. The van der Waals surface area contributed by atoms with Crippen LogP contribution in [0.5, 0.6) is 0 Å². The lowest BCUT2D eigenvalue weighted by Gasteiger charge is -2.07. The number of nitrogens with one attached hydrogen (secondary N) is 2. The van der Waals surface area contributed by atoms with E-state index in [0.717, 1.165) is 5.56 Å². The van der Waals surface area contributed by atoms with Gasteiger partial charge in [0, 0.05) is 36.3 Å². The molecule has 0 unspecified atom stereocenters. The van der Waals surface area contributed by atoms with Crippen LogP contribution in [0.15, 0.2) is 42.5 Å². The van der Waals surface area contributed by atoms with Gasteiger partial charge >= 0.3 is 0 Å². The van der Waals surface area contributed by atoms with E-state index in [2.05, 4.69) is 10.6 Å². The molecule has 0 fully saturated rings. The van der Waals surface area contributed by atoms with Gasteiger partial charge in [-0.1, -0.05) is 12.1 Å². The monoisotopic (exact) mass is 327 g/mol. The largest absolute Gasteiger partial charge is 0.355 e. The van der Waals surface area contributed by atoms with E-state index in [1.54, 1.807) is 38.2 Å². The van der Waals surface area contributed by atoms with E-state index < -0.39 is 4.92 Å². The van der Waals surface area contributed by atoms with E-state index >= 15 is 0 Å². The molecule has 0 aromatic heterocycles. The lowest BCUT2D eigenvalue weighted by molar-refractivity contribution is -0.385. The number of carbonyl (C=O) groups excluding carboxylic acids is 2. The number of hydrogen-bond acceptors (Lipinski definition) is 4. The summed E-state index contributed by atoms with van der Waals surface area (Å²) in [6.45, 7) is 1.88. The van der Waals surface area contributed by atoms with Crippen molar-refractivity contribution < 1.29 is 14.5 Å². The van der Waals surface area contributed by atoms with Gasteiger partial charge < -0.3 is 10.6 Å². The maximum absolute atomic E-state index is 12.1. The zero-order valence-corrected chi connectivity index (χ0v) is 13.3. The fourth-order valence-corrected chi connectivity index (χ4v) is 2.20. The molecule has 2 aromatic rings. The average molecular weight is 327 g/mol. The van der Waals surface area contributed by atoms with E-state index in [1.165, 1.54) is 18.2 Å². The van der Waals surface area contributed by atoms with E-state index in [-0.39, 0.29) is 17.5 Å². The molecule has 2 rings (SSSR count). The van der Waals surface area contributed by atoms with Crippen LogP contribution in [0.1, 0.15) is 31.8 Å². The average Bonchev–Trinajstić information content (AvgIpc) is 2.59. The van der Waals surface area contributed by atoms with Gasteiger partial charge in [-0.25, -0.2) is 0 Å². The van der Waals surface area contributed by atoms with Gasteiger partial charge in [-0.15, -0.1) is 0 Å². The molecule has 7 nitrogen and oxygen atoms in total. The van der Waals surface area contributed by atoms with Gasteiger partial charge in [0.2, 0.25) is 0 Å². The van der Waals surface area contributed by atoms with Crippen molar-refractivity contribution in [2.75, 3.05) is 7.05 Å². The molecule has 0 aliphatic carbocycles. The first-order chi connectivity index (χ1) is 11.4. The minimum Gasteiger partial charge on any atom is -0.355 e. The zero-order chi connectivity index (χ0) is 17.7. The van der Waals surface area contributed by atoms with E-state index in [9.17, 15) is 19.7 Å². The second kappa shape index (κ2) is 7.36. The molecule has 0 aliphatic rings. The maximum atomic E-state index is 12.1. The van der Waals surface area contributed by atoms with Crippen molar-refractivity contribution >= 4 is 17.5 Å². The number of amides is 2.